The zero-order valence-electron chi connectivity index (χ0n) is 14.8. The molecule has 1 aromatic heterocycles. The highest BCUT2D eigenvalue weighted by Gasteiger charge is 2.26. The first-order valence-corrected chi connectivity index (χ1v) is 9.32. The number of amides is 2. The predicted octanol–water partition coefficient (Wildman–Crippen LogP) is 4.51. The Hall–Kier alpha value is -2.82. The molecule has 1 saturated heterocycles. The SMILES string of the molecule is O=C(Nc1cccc2ccccc12)N1CCCC[C@@H]1CCn1ccnc1. The van der Waals surface area contributed by atoms with Crippen LogP contribution in [0.25, 0.3) is 10.8 Å². The fourth-order valence-corrected chi connectivity index (χ4v) is 3.81. The Labute approximate surface area is 153 Å². The Bertz CT molecular complexity index is 869. The van der Waals surface area contributed by atoms with Crippen LogP contribution >= 0.6 is 0 Å². The number of aromatic nitrogens is 2. The Morgan fingerprint density at radius 2 is 2.04 bits per heavy atom. The Morgan fingerprint density at radius 1 is 1.15 bits per heavy atom. The van der Waals surface area contributed by atoms with E-state index in [-0.39, 0.29) is 12.1 Å². The van der Waals surface area contributed by atoms with Crippen molar-refractivity contribution in [3.63, 3.8) is 0 Å². The molecule has 1 aliphatic heterocycles. The van der Waals surface area contributed by atoms with E-state index in [2.05, 4.69) is 33.1 Å². The van der Waals surface area contributed by atoms with Crippen LogP contribution in [-0.4, -0.2) is 33.1 Å². The minimum absolute atomic E-state index is 0.0108. The molecule has 2 heterocycles. The topological polar surface area (TPSA) is 50.2 Å². The van der Waals surface area contributed by atoms with Gasteiger partial charge in [0.25, 0.3) is 0 Å². The fourth-order valence-electron chi connectivity index (χ4n) is 3.81. The number of carbonyl (C=O) groups excluding carboxylic acids is 1. The highest BCUT2D eigenvalue weighted by Crippen LogP contribution is 2.25. The van der Waals surface area contributed by atoms with Gasteiger partial charge in [0.1, 0.15) is 0 Å². The summed E-state index contributed by atoms with van der Waals surface area (Å²) >= 11 is 0. The van der Waals surface area contributed by atoms with Gasteiger partial charge in [0, 0.05) is 36.9 Å². The number of nitrogens with one attached hydrogen (secondary N) is 1. The van der Waals surface area contributed by atoms with Crippen LogP contribution in [0.3, 0.4) is 0 Å². The zero-order chi connectivity index (χ0) is 17.8. The van der Waals surface area contributed by atoms with Crippen molar-refractivity contribution in [2.24, 2.45) is 0 Å². The van der Waals surface area contributed by atoms with Crippen LogP contribution in [0.4, 0.5) is 10.5 Å². The van der Waals surface area contributed by atoms with Crippen LogP contribution in [0.5, 0.6) is 0 Å². The van der Waals surface area contributed by atoms with E-state index in [0.29, 0.717) is 0 Å². The summed E-state index contributed by atoms with van der Waals surface area (Å²) in [5.74, 6) is 0. The van der Waals surface area contributed by atoms with Gasteiger partial charge in [0.15, 0.2) is 0 Å². The van der Waals surface area contributed by atoms with E-state index in [1.807, 2.05) is 41.7 Å². The summed E-state index contributed by atoms with van der Waals surface area (Å²) in [5, 5.41) is 5.36. The molecule has 2 amide bonds. The Morgan fingerprint density at radius 3 is 2.92 bits per heavy atom. The van der Waals surface area contributed by atoms with Crippen molar-refractivity contribution in [2.45, 2.75) is 38.3 Å². The molecule has 0 unspecified atom stereocenters. The van der Waals surface area contributed by atoms with Crippen molar-refractivity contribution in [1.29, 1.82) is 0 Å². The number of benzene rings is 2. The van der Waals surface area contributed by atoms with E-state index < -0.39 is 0 Å². The average Bonchev–Trinajstić information content (AvgIpc) is 3.20. The van der Waals surface area contributed by atoms with Crippen LogP contribution in [0, 0.1) is 0 Å². The smallest absolute Gasteiger partial charge is 0.322 e. The number of anilines is 1. The number of nitrogens with zero attached hydrogens (tertiary/aromatic N) is 3. The van der Waals surface area contributed by atoms with Crippen molar-refractivity contribution in [1.82, 2.24) is 14.5 Å². The van der Waals surface area contributed by atoms with Gasteiger partial charge in [-0.2, -0.15) is 0 Å². The standard InChI is InChI=1S/C21H24N4O/c26-21(23-20-10-5-7-17-6-1-2-9-19(17)20)25-13-4-3-8-18(25)11-14-24-15-12-22-16-24/h1-2,5-7,9-10,12,15-16,18H,3-4,8,11,13-14H2,(H,23,26)/t18-/m1/s1. The normalized spacial score (nSPS) is 17.4. The highest BCUT2D eigenvalue weighted by atomic mass is 16.2. The number of piperidine rings is 1. The van der Waals surface area contributed by atoms with Gasteiger partial charge in [-0.05, 0) is 37.1 Å². The Balaban J connectivity index is 1.48. The van der Waals surface area contributed by atoms with Gasteiger partial charge in [0.05, 0.1) is 12.0 Å². The first-order chi connectivity index (χ1) is 12.8. The minimum Gasteiger partial charge on any atom is -0.337 e. The lowest BCUT2D eigenvalue weighted by molar-refractivity contribution is 0.155. The largest absolute Gasteiger partial charge is 0.337 e. The van der Waals surface area contributed by atoms with Crippen molar-refractivity contribution in [2.75, 3.05) is 11.9 Å². The van der Waals surface area contributed by atoms with E-state index in [1.54, 1.807) is 6.20 Å². The summed E-state index contributed by atoms with van der Waals surface area (Å²) in [5.41, 5.74) is 0.882. The van der Waals surface area contributed by atoms with Crippen molar-refractivity contribution >= 4 is 22.5 Å². The van der Waals surface area contributed by atoms with Gasteiger partial charge in [0.2, 0.25) is 0 Å². The predicted molar refractivity (Wildman–Crippen MR) is 104 cm³/mol. The zero-order valence-corrected chi connectivity index (χ0v) is 14.8. The van der Waals surface area contributed by atoms with Gasteiger partial charge in [-0.1, -0.05) is 36.4 Å². The van der Waals surface area contributed by atoms with E-state index >= 15 is 0 Å². The molecule has 0 radical (unpaired) electrons. The minimum atomic E-state index is 0.0108. The van der Waals surface area contributed by atoms with Crippen LogP contribution < -0.4 is 5.32 Å². The van der Waals surface area contributed by atoms with Gasteiger partial charge in [-0.25, -0.2) is 9.78 Å². The molecule has 1 N–H and O–H groups in total. The molecular formula is C21H24N4O. The van der Waals surface area contributed by atoms with Crippen LogP contribution in [-0.2, 0) is 6.54 Å². The van der Waals surface area contributed by atoms with E-state index in [4.69, 9.17) is 0 Å². The van der Waals surface area contributed by atoms with E-state index in [9.17, 15) is 4.79 Å². The monoisotopic (exact) mass is 348 g/mol. The summed E-state index contributed by atoms with van der Waals surface area (Å²) in [6.07, 6.45) is 9.90. The number of rotatable bonds is 4. The molecule has 1 fully saturated rings. The highest BCUT2D eigenvalue weighted by molar-refractivity contribution is 6.01. The van der Waals surface area contributed by atoms with Crippen LogP contribution in [0.15, 0.2) is 61.2 Å². The lowest BCUT2D eigenvalue weighted by Crippen LogP contribution is -2.46. The molecule has 5 nitrogen and oxygen atoms in total. The second-order valence-electron chi connectivity index (χ2n) is 6.89. The molecule has 0 spiro atoms. The Kier molecular flexibility index (Phi) is 4.86. The first kappa shape index (κ1) is 16.6. The maximum Gasteiger partial charge on any atom is 0.322 e. The second-order valence-corrected chi connectivity index (χ2v) is 6.89. The third kappa shape index (κ3) is 3.57. The molecule has 1 atom stereocenters. The number of fused-ring (bicyclic) bond motifs is 1. The maximum absolute atomic E-state index is 13.0. The molecule has 2 aromatic carbocycles. The number of urea groups is 1. The van der Waals surface area contributed by atoms with Crippen LogP contribution in [0.1, 0.15) is 25.7 Å². The summed E-state index contributed by atoms with van der Waals surface area (Å²) in [6.45, 7) is 1.72. The molecule has 0 aliphatic carbocycles. The molecule has 0 bridgehead atoms. The molecule has 26 heavy (non-hydrogen) atoms. The van der Waals surface area contributed by atoms with Gasteiger partial charge >= 0.3 is 6.03 Å². The quantitative estimate of drug-likeness (QED) is 0.754. The number of carbonyl (C=O) groups is 1. The lowest BCUT2D eigenvalue weighted by atomic mass is 9.99. The molecule has 3 aromatic rings. The number of likely N-dealkylation sites (tertiary alicyclic amines) is 1. The number of imidazole rings is 1. The lowest BCUT2D eigenvalue weighted by Gasteiger charge is -2.36. The number of hydrogen-bond donors (Lipinski definition) is 1. The second kappa shape index (κ2) is 7.60. The summed E-state index contributed by atoms with van der Waals surface area (Å²) < 4.78 is 2.08. The van der Waals surface area contributed by atoms with E-state index in [0.717, 1.165) is 48.8 Å². The van der Waals surface area contributed by atoms with Gasteiger partial charge in [-0.15, -0.1) is 0 Å². The summed E-state index contributed by atoms with van der Waals surface area (Å²) in [4.78, 5) is 19.1. The maximum atomic E-state index is 13.0. The van der Waals surface area contributed by atoms with Gasteiger partial charge < -0.3 is 14.8 Å². The average molecular weight is 348 g/mol. The molecule has 5 heteroatoms. The number of hydrogen-bond acceptors (Lipinski definition) is 2. The van der Waals surface area contributed by atoms with Gasteiger partial charge in [-0.3, -0.25) is 0 Å². The molecule has 1 aliphatic rings. The fraction of sp³-hybridized carbons (Fsp3) is 0.333. The molecule has 0 saturated carbocycles. The molecule has 134 valence electrons. The van der Waals surface area contributed by atoms with Crippen molar-refractivity contribution in [3.05, 3.63) is 61.2 Å². The van der Waals surface area contributed by atoms with E-state index in [1.165, 1.54) is 6.42 Å². The third-order valence-corrected chi connectivity index (χ3v) is 5.20. The van der Waals surface area contributed by atoms with Crippen LogP contribution in [0.2, 0.25) is 0 Å². The summed E-state index contributed by atoms with van der Waals surface area (Å²) in [7, 11) is 0. The molecular weight excluding hydrogens is 324 g/mol. The molecule has 4 rings (SSSR count). The third-order valence-electron chi connectivity index (χ3n) is 5.20. The van der Waals surface area contributed by atoms with Crippen molar-refractivity contribution < 1.29 is 4.79 Å². The first-order valence-electron chi connectivity index (χ1n) is 9.32. The summed E-state index contributed by atoms with van der Waals surface area (Å²) in [6, 6.07) is 14.5. The van der Waals surface area contributed by atoms with Crippen molar-refractivity contribution in [3.8, 4) is 0 Å². The number of aryl methyl sites for hydroxylation is 1.